The fourth-order valence-electron chi connectivity index (χ4n) is 2.28. The van der Waals surface area contributed by atoms with E-state index in [-0.39, 0.29) is 23.4 Å². The molecule has 0 radical (unpaired) electrons. The van der Waals surface area contributed by atoms with Crippen molar-refractivity contribution in [3.8, 4) is 5.75 Å². The van der Waals surface area contributed by atoms with Crippen LogP contribution in [0.1, 0.15) is 43.1 Å². The summed E-state index contributed by atoms with van der Waals surface area (Å²) in [6.45, 7) is 1.60. The standard InChI is InChI=1S/C14H18N2O4/c1-9(13(17)16-10-5-2-3-6-10)20-11-7-4-8-15-12(11)14(18)19/h4,7-10H,2-3,5-6H2,1H3,(H,16,17)(H,18,19). The van der Waals surface area contributed by atoms with Crippen LogP contribution in [0.25, 0.3) is 0 Å². The number of amides is 1. The molecule has 1 saturated carbocycles. The molecular weight excluding hydrogens is 260 g/mol. The summed E-state index contributed by atoms with van der Waals surface area (Å²) in [6, 6.07) is 3.28. The maximum absolute atomic E-state index is 12.0. The summed E-state index contributed by atoms with van der Waals surface area (Å²) in [4.78, 5) is 26.7. The highest BCUT2D eigenvalue weighted by Crippen LogP contribution is 2.19. The van der Waals surface area contributed by atoms with E-state index in [1.54, 1.807) is 13.0 Å². The lowest BCUT2D eigenvalue weighted by Gasteiger charge is -2.18. The van der Waals surface area contributed by atoms with Crippen LogP contribution in [0, 0.1) is 0 Å². The second kappa shape index (κ2) is 6.36. The predicted octanol–water partition coefficient (Wildman–Crippen LogP) is 1.61. The van der Waals surface area contributed by atoms with Gasteiger partial charge in [0, 0.05) is 12.2 Å². The first kappa shape index (κ1) is 14.3. The van der Waals surface area contributed by atoms with Gasteiger partial charge in [-0.3, -0.25) is 4.79 Å². The number of nitrogens with one attached hydrogen (secondary N) is 1. The molecule has 20 heavy (non-hydrogen) atoms. The summed E-state index contributed by atoms with van der Waals surface area (Å²) in [5.41, 5.74) is -0.187. The summed E-state index contributed by atoms with van der Waals surface area (Å²) in [5.74, 6) is -1.30. The minimum absolute atomic E-state index is 0.106. The highest BCUT2D eigenvalue weighted by atomic mass is 16.5. The van der Waals surface area contributed by atoms with Gasteiger partial charge in [-0.05, 0) is 31.9 Å². The Kier molecular flexibility index (Phi) is 4.55. The highest BCUT2D eigenvalue weighted by molar-refractivity contribution is 5.89. The minimum atomic E-state index is -1.18. The van der Waals surface area contributed by atoms with E-state index in [2.05, 4.69) is 10.3 Å². The molecule has 0 saturated heterocycles. The monoisotopic (exact) mass is 278 g/mol. The van der Waals surface area contributed by atoms with Gasteiger partial charge < -0.3 is 15.2 Å². The SMILES string of the molecule is CC(Oc1cccnc1C(=O)O)C(=O)NC1CCCC1. The van der Waals surface area contributed by atoms with Gasteiger partial charge in [-0.2, -0.15) is 0 Å². The first-order chi connectivity index (χ1) is 9.58. The number of pyridine rings is 1. The van der Waals surface area contributed by atoms with Crippen molar-refractivity contribution >= 4 is 11.9 Å². The molecule has 1 heterocycles. The maximum Gasteiger partial charge on any atom is 0.358 e. The van der Waals surface area contributed by atoms with Crippen LogP contribution in [0.3, 0.4) is 0 Å². The minimum Gasteiger partial charge on any atom is -0.478 e. The zero-order valence-corrected chi connectivity index (χ0v) is 11.3. The Balaban J connectivity index is 1.98. The molecule has 0 spiro atoms. The number of carboxylic acids is 1. The molecule has 1 aromatic rings. The fraction of sp³-hybridized carbons (Fsp3) is 0.500. The van der Waals surface area contributed by atoms with E-state index in [4.69, 9.17) is 9.84 Å². The Bertz CT molecular complexity index is 498. The molecule has 6 nitrogen and oxygen atoms in total. The van der Waals surface area contributed by atoms with Crippen molar-refractivity contribution in [1.29, 1.82) is 0 Å². The third kappa shape index (κ3) is 3.46. The first-order valence-corrected chi connectivity index (χ1v) is 6.73. The third-order valence-corrected chi connectivity index (χ3v) is 3.35. The molecule has 1 unspecified atom stereocenters. The molecule has 1 aromatic heterocycles. The molecular formula is C14H18N2O4. The number of hydrogen-bond acceptors (Lipinski definition) is 4. The lowest BCUT2D eigenvalue weighted by atomic mass is 10.2. The van der Waals surface area contributed by atoms with Crippen molar-refractivity contribution in [2.45, 2.75) is 44.8 Å². The van der Waals surface area contributed by atoms with Crippen LogP contribution in [0.15, 0.2) is 18.3 Å². The van der Waals surface area contributed by atoms with E-state index in [1.165, 1.54) is 12.3 Å². The summed E-state index contributed by atoms with van der Waals surface area (Å²) >= 11 is 0. The number of aromatic carboxylic acids is 1. The van der Waals surface area contributed by atoms with E-state index in [9.17, 15) is 9.59 Å². The van der Waals surface area contributed by atoms with Gasteiger partial charge in [0.15, 0.2) is 17.5 Å². The molecule has 0 aromatic carbocycles. The number of nitrogens with zero attached hydrogens (tertiary/aromatic N) is 1. The van der Waals surface area contributed by atoms with E-state index in [0.29, 0.717) is 0 Å². The molecule has 1 aliphatic carbocycles. The molecule has 1 fully saturated rings. The van der Waals surface area contributed by atoms with Crippen molar-refractivity contribution in [2.75, 3.05) is 0 Å². The smallest absolute Gasteiger partial charge is 0.358 e. The van der Waals surface area contributed by atoms with E-state index < -0.39 is 12.1 Å². The van der Waals surface area contributed by atoms with Crippen LogP contribution < -0.4 is 10.1 Å². The van der Waals surface area contributed by atoms with Crippen LogP contribution >= 0.6 is 0 Å². The van der Waals surface area contributed by atoms with Crippen LogP contribution in [-0.4, -0.2) is 34.1 Å². The summed E-state index contributed by atoms with van der Waals surface area (Å²) in [7, 11) is 0. The Labute approximate surface area is 117 Å². The van der Waals surface area contributed by atoms with Gasteiger partial charge in [0.1, 0.15) is 0 Å². The Morgan fingerprint density at radius 2 is 2.15 bits per heavy atom. The van der Waals surface area contributed by atoms with Gasteiger partial charge >= 0.3 is 5.97 Å². The van der Waals surface area contributed by atoms with Crippen molar-refractivity contribution in [1.82, 2.24) is 10.3 Å². The van der Waals surface area contributed by atoms with Gasteiger partial charge in [-0.15, -0.1) is 0 Å². The largest absolute Gasteiger partial charge is 0.478 e. The molecule has 0 bridgehead atoms. The molecule has 6 heteroatoms. The predicted molar refractivity (Wildman–Crippen MR) is 71.7 cm³/mol. The second-order valence-electron chi connectivity index (χ2n) is 4.91. The fourth-order valence-corrected chi connectivity index (χ4v) is 2.28. The zero-order chi connectivity index (χ0) is 14.5. The first-order valence-electron chi connectivity index (χ1n) is 6.73. The van der Waals surface area contributed by atoms with Crippen LogP contribution in [0.2, 0.25) is 0 Å². The Hall–Kier alpha value is -2.11. The molecule has 108 valence electrons. The highest BCUT2D eigenvalue weighted by Gasteiger charge is 2.23. The van der Waals surface area contributed by atoms with E-state index in [0.717, 1.165) is 25.7 Å². The van der Waals surface area contributed by atoms with Gasteiger partial charge in [-0.25, -0.2) is 9.78 Å². The number of hydrogen-bond donors (Lipinski definition) is 2. The molecule has 2 rings (SSSR count). The van der Waals surface area contributed by atoms with Crippen LogP contribution in [0.5, 0.6) is 5.75 Å². The summed E-state index contributed by atoms with van der Waals surface area (Å²) < 4.78 is 5.42. The lowest BCUT2D eigenvalue weighted by Crippen LogP contribution is -2.41. The molecule has 1 amide bonds. The summed E-state index contributed by atoms with van der Waals surface area (Å²) in [6.07, 6.45) is 4.87. The van der Waals surface area contributed by atoms with Crippen molar-refractivity contribution in [2.24, 2.45) is 0 Å². The molecule has 0 aliphatic heterocycles. The number of carboxylic acid groups (broad SMARTS) is 1. The van der Waals surface area contributed by atoms with Crippen LogP contribution in [-0.2, 0) is 4.79 Å². The van der Waals surface area contributed by atoms with Crippen molar-refractivity contribution < 1.29 is 19.4 Å². The lowest BCUT2D eigenvalue weighted by molar-refractivity contribution is -0.128. The number of carbonyl (C=O) groups excluding carboxylic acids is 1. The third-order valence-electron chi connectivity index (χ3n) is 3.35. The number of ether oxygens (including phenoxy) is 1. The Morgan fingerprint density at radius 3 is 2.80 bits per heavy atom. The average Bonchev–Trinajstić information content (AvgIpc) is 2.91. The average molecular weight is 278 g/mol. The normalized spacial score (nSPS) is 16.6. The zero-order valence-electron chi connectivity index (χ0n) is 11.3. The topological polar surface area (TPSA) is 88.5 Å². The molecule has 1 atom stereocenters. The van der Waals surface area contributed by atoms with Crippen LogP contribution in [0.4, 0.5) is 0 Å². The van der Waals surface area contributed by atoms with Gasteiger partial charge in [0.25, 0.3) is 5.91 Å². The van der Waals surface area contributed by atoms with Gasteiger partial charge in [-0.1, -0.05) is 12.8 Å². The van der Waals surface area contributed by atoms with E-state index in [1.807, 2.05) is 0 Å². The van der Waals surface area contributed by atoms with Gasteiger partial charge in [0.2, 0.25) is 0 Å². The quantitative estimate of drug-likeness (QED) is 0.854. The van der Waals surface area contributed by atoms with E-state index >= 15 is 0 Å². The second-order valence-corrected chi connectivity index (χ2v) is 4.91. The van der Waals surface area contributed by atoms with Crippen molar-refractivity contribution in [3.63, 3.8) is 0 Å². The Morgan fingerprint density at radius 1 is 1.45 bits per heavy atom. The number of rotatable bonds is 5. The number of aromatic nitrogens is 1. The van der Waals surface area contributed by atoms with Crippen molar-refractivity contribution in [3.05, 3.63) is 24.0 Å². The maximum atomic E-state index is 12.0. The molecule has 2 N–H and O–H groups in total. The van der Waals surface area contributed by atoms with Gasteiger partial charge in [0.05, 0.1) is 0 Å². The number of carbonyl (C=O) groups is 2. The summed E-state index contributed by atoms with van der Waals surface area (Å²) in [5, 5.41) is 11.9. The molecule has 1 aliphatic rings.